The number of rotatable bonds is 13. The second-order valence-corrected chi connectivity index (χ2v) is 15.5. The standard InChI is InChI=1S/C60H48N2/c1-3-18-54-57(39-38-46-22-12-14-27-52(46)53-28-15-16-31-58(53)61-2)60(50-37-35-45-21-9-11-24-48(45)42-50)55(29-13-7-19-43-32-33-43)56(30-17-40-62-51-25-5-4-6-26-51)59(54)49-36-34-44-20-8-10-23-47(44)41-49/h3-18,20-43,62H,2,19H2,1H3/b13-7+,18-3+,39-38-,40-17+,55-29+,56-30+. The van der Waals surface area contributed by atoms with Gasteiger partial charge in [-0.05, 0) is 139 Å². The van der Waals surface area contributed by atoms with Crippen LogP contribution in [-0.2, 0) is 0 Å². The van der Waals surface area contributed by atoms with Gasteiger partial charge in [-0.15, -0.1) is 0 Å². The molecular weight excluding hydrogens is 749 g/mol. The molecule has 8 aromatic rings. The van der Waals surface area contributed by atoms with Gasteiger partial charge in [-0.1, -0.05) is 194 Å². The Labute approximate surface area is 365 Å². The minimum atomic E-state index is 0.544. The molecule has 1 aliphatic rings. The van der Waals surface area contributed by atoms with Crippen LogP contribution < -0.4 is 15.8 Å². The Bertz CT molecular complexity index is 3210. The fourth-order valence-electron chi connectivity index (χ4n) is 8.36. The van der Waals surface area contributed by atoms with Gasteiger partial charge in [0.2, 0.25) is 0 Å². The molecule has 0 spiro atoms. The Hall–Kier alpha value is -7.81. The smallest absolute Gasteiger partial charge is 0.0700 e. The number of aliphatic imine (C=N–C) groups is 1. The number of para-hydroxylation sites is 2. The highest BCUT2D eigenvalue weighted by Gasteiger charge is 2.19. The molecule has 9 rings (SSSR count). The van der Waals surface area contributed by atoms with Crippen LogP contribution in [0.15, 0.2) is 211 Å². The third kappa shape index (κ3) is 8.73. The molecule has 298 valence electrons. The molecule has 0 aliphatic heterocycles. The predicted octanol–water partition coefficient (Wildman–Crippen LogP) is 14.8. The van der Waals surface area contributed by atoms with Crippen LogP contribution in [0.25, 0.3) is 85.3 Å². The summed E-state index contributed by atoms with van der Waals surface area (Å²) in [5.41, 5.74) is 12.1. The molecule has 0 saturated heterocycles. The highest BCUT2D eigenvalue weighted by atomic mass is 14.8. The number of fused-ring (bicyclic) bond motifs is 2. The number of nitrogens with zero attached hydrogens (tertiary/aromatic N) is 1. The van der Waals surface area contributed by atoms with Crippen LogP contribution in [0.2, 0.25) is 0 Å². The maximum atomic E-state index is 4.40. The lowest BCUT2D eigenvalue weighted by Gasteiger charge is -2.20. The van der Waals surface area contributed by atoms with Crippen LogP contribution in [0.3, 0.4) is 0 Å². The summed E-state index contributed by atoms with van der Waals surface area (Å²) >= 11 is 0. The molecule has 0 unspecified atom stereocenters. The van der Waals surface area contributed by atoms with E-state index in [1.165, 1.54) is 32.7 Å². The fraction of sp³-hybridized carbons (Fsp3) is 0.0500. The average Bonchev–Trinajstić information content (AvgIpc) is 4.16. The SMILES string of the molecule is C=Nc1ccccc1-c1ccccc1/C=C\c1c(/C=C/C)c(-c2ccc3ccccc3c2)c(=C/C=C/Nc2ccccc2)/c(=C\C=C\CC2C=C2)c1-c1ccc2ccccc2c1. The van der Waals surface area contributed by atoms with E-state index in [1.54, 1.807) is 0 Å². The zero-order valence-electron chi connectivity index (χ0n) is 35.0. The maximum absolute atomic E-state index is 4.40. The second kappa shape index (κ2) is 18.6. The molecule has 0 aromatic heterocycles. The Morgan fingerprint density at radius 1 is 0.548 bits per heavy atom. The Kier molecular flexibility index (Phi) is 11.9. The fourth-order valence-corrected chi connectivity index (χ4v) is 8.36. The van der Waals surface area contributed by atoms with E-state index < -0.39 is 0 Å². The third-order valence-corrected chi connectivity index (χ3v) is 11.5. The molecule has 1 N–H and O–H groups in total. The number of hydrogen-bond acceptors (Lipinski definition) is 2. The molecule has 1 aliphatic carbocycles. The van der Waals surface area contributed by atoms with Crippen molar-refractivity contribution in [3.05, 3.63) is 234 Å². The summed E-state index contributed by atoms with van der Waals surface area (Å²) < 4.78 is 0. The van der Waals surface area contributed by atoms with Gasteiger partial charge in [-0.25, -0.2) is 0 Å². The number of benzene rings is 8. The van der Waals surface area contributed by atoms with Crippen molar-refractivity contribution >= 4 is 70.0 Å². The summed E-state index contributed by atoms with van der Waals surface area (Å²) in [5.74, 6) is 0.544. The van der Waals surface area contributed by atoms with Crippen molar-refractivity contribution in [1.82, 2.24) is 0 Å². The molecule has 2 heteroatoms. The van der Waals surface area contributed by atoms with Crippen LogP contribution in [-0.4, -0.2) is 6.72 Å². The van der Waals surface area contributed by atoms with Crippen molar-refractivity contribution in [3.63, 3.8) is 0 Å². The molecular formula is C60H48N2. The first-order valence-corrected chi connectivity index (χ1v) is 21.4. The molecule has 0 atom stereocenters. The zero-order chi connectivity index (χ0) is 42.1. The van der Waals surface area contributed by atoms with Gasteiger partial charge >= 0.3 is 0 Å². The van der Waals surface area contributed by atoms with Gasteiger partial charge in [0.15, 0.2) is 0 Å². The molecule has 0 bridgehead atoms. The summed E-state index contributed by atoms with van der Waals surface area (Å²) in [6.07, 6.45) is 27.9. The molecule has 2 nitrogen and oxygen atoms in total. The predicted molar refractivity (Wildman–Crippen MR) is 271 cm³/mol. The van der Waals surface area contributed by atoms with Crippen molar-refractivity contribution in [2.75, 3.05) is 5.32 Å². The van der Waals surface area contributed by atoms with Crippen LogP contribution in [0.4, 0.5) is 11.4 Å². The minimum Gasteiger partial charge on any atom is -0.362 e. The van der Waals surface area contributed by atoms with Crippen LogP contribution in [0.5, 0.6) is 0 Å². The largest absolute Gasteiger partial charge is 0.362 e. The molecule has 62 heavy (non-hydrogen) atoms. The number of allylic oxidation sites excluding steroid dienone is 6. The number of hydrogen-bond donors (Lipinski definition) is 1. The lowest BCUT2D eigenvalue weighted by atomic mass is 9.83. The first kappa shape index (κ1) is 39.6. The van der Waals surface area contributed by atoms with E-state index in [1.807, 2.05) is 36.5 Å². The van der Waals surface area contributed by atoms with Gasteiger partial charge in [0.05, 0.1) is 5.69 Å². The van der Waals surface area contributed by atoms with Gasteiger partial charge < -0.3 is 5.32 Å². The van der Waals surface area contributed by atoms with Crippen molar-refractivity contribution in [2.45, 2.75) is 13.3 Å². The van der Waals surface area contributed by atoms with Crippen molar-refractivity contribution in [3.8, 4) is 33.4 Å². The van der Waals surface area contributed by atoms with Crippen LogP contribution in [0.1, 0.15) is 30.0 Å². The molecule has 0 saturated carbocycles. The monoisotopic (exact) mass is 796 g/mol. The summed E-state index contributed by atoms with van der Waals surface area (Å²) in [6.45, 7) is 6.02. The van der Waals surface area contributed by atoms with Gasteiger partial charge in [0, 0.05) is 17.5 Å². The quantitative estimate of drug-likeness (QED) is 0.0701. The lowest BCUT2D eigenvalue weighted by Crippen LogP contribution is -2.31. The van der Waals surface area contributed by atoms with E-state index in [0.29, 0.717) is 5.92 Å². The summed E-state index contributed by atoms with van der Waals surface area (Å²) in [6, 6.07) is 58.1. The minimum absolute atomic E-state index is 0.544. The topological polar surface area (TPSA) is 24.4 Å². The van der Waals surface area contributed by atoms with E-state index in [4.69, 9.17) is 0 Å². The van der Waals surface area contributed by atoms with Gasteiger partial charge in [-0.3, -0.25) is 4.99 Å². The Morgan fingerprint density at radius 2 is 1.11 bits per heavy atom. The Balaban J connectivity index is 1.39. The van der Waals surface area contributed by atoms with E-state index in [2.05, 4.69) is 224 Å². The van der Waals surface area contributed by atoms with Crippen molar-refractivity contribution < 1.29 is 0 Å². The molecule has 0 heterocycles. The van der Waals surface area contributed by atoms with E-state index in [9.17, 15) is 0 Å². The summed E-state index contributed by atoms with van der Waals surface area (Å²) in [7, 11) is 0. The Morgan fingerprint density at radius 3 is 1.76 bits per heavy atom. The maximum Gasteiger partial charge on any atom is 0.0700 e. The molecule has 8 aromatic carbocycles. The molecule has 0 radical (unpaired) electrons. The zero-order valence-corrected chi connectivity index (χ0v) is 35.0. The van der Waals surface area contributed by atoms with Crippen LogP contribution >= 0.6 is 0 Å². The van der Waals surface area contributed by atoms with E-state index in [0.717, 1.165) is 67.2 Å². The number of anilines is 1. The third-order valence-electron chi connectivity index (χ3n) is 11.5. The van der Waals surface area contributed by atoms with Crippen LogP contribution in [0, 0.1) is 5.92 Å². The first-order valence-electron chi connectivity index (χ1n) is 21.4. The highest BCUT2D eigenvalue weighted by molar-refractivity contribution is 5.98. The normalized spacial score (nSPS) is 13.5. The second-order valence-electron chi connectivity index (χ2n) is 15.5. The number of nitrogens with one attached hydrogen (secondary N) is 1. The lowest BCUT2D eigenvalue weighted by molar-refractivity contribution is 0.943. The molecule has 0 fully saturated rings. The van der Waals surface area contributed by atoms with Crippen molar-refractivity contribution in [1.29, 1.82) is 0 Å². The summed E-state index contributed by atoms with van der Waals surface area (Å²) in [4.78, 5) is 4.40. The van der Waals surface area contributed by atoms with Crippen molar-refractivity contribution in [2.24, 2.45) is 10.9 Å². The first-order chi connectivity index (χ1) is 30.7. The van der Waals surface area contributed by atoms with E-state index >= 15 is 0 Å². The summed E-state index contributed by atoms with van der Waals surface area (Å²) in [5, 5.41) is 10.6. The molecule has 0 amide bonds. The van der Waals surface area contributed by atoms with Gasteiger partial charge in [-0.2, -0.15) is 0 Å². The highest BCUT2D eigenvalue weighted by Crippen LogP contribution is 2.37. The van der Waals surface area contributed by atoms with E-state index in [-0.39, 0.29) is 0 Å². The average molecular weight is 797 g/mol. The van der Waals surface area contributed by atoms with Gasteiger partial charge in [0.25, 0.3) is 0 Å². The van der Waals surface area contributed by atoms with Gasteiger partial charge in [0.1, 0.15) is 0 Å².